The van der Waals surface area contributed by atoms with E-state index in [2.05, 4.69) is 22.4 Å². The molecule has 0 saturated heterocycles. The number of rotatable bonds is 4. The van der Waals surface area contributed by atoms with Crippen LogP contribution in [-0.4, -0.2) is 4.98 Å². The van der Waals surface area contributed by atoms with Crippen molar-refractivity contribution in [2.24, 2.45) is 5.73 Å². The molecule has 0 atom stereocenters. The summed E-state index contributed by atoms with van der Waals surface area (Å²) in [5.41, 5.74) is 9.18. The van der Waals surface area contributed by atoms with E-state index in [1.807, 2.05) is 24.3 Å². The van der Waals surface area contributed by atoms with Gasteiger partial charge in [-0.1, -0.05) is 24.3 Å². The topological polar surface area (TPSA) is 50.9 Å². The zero-order chi connectivity index (χ0) is 11.2. The van der Waals surface area contributed by atoms with E-state index in [-0.39, 0.29) is 0 Å². The zero-order valence-electron chi connectivity index (χ0n) is 9.06. The smallest absolute Gasteiger partial charge is 0.0404 e. The summed E-state index contributed by atoms with van der Waals surface area (Å²) in [7, 11) is 0. The van der Waals surface area contributed by atoms with E-state index in [9.17, 15) is 0 Å². The third-order valence-electron chi connectivity index (χ3n) is 2.50. The maximum atomic E-state index is 5.68. The Bertz CT molecular complexity index is 440. The fraction of sp³-hybridized carbons (Fsp3) is 0.154. The molecule has 0 aliphatic rings. The first-order valence-corrected chi connectivity index (χ1v) is 5.31. The van der Waals surface area contributed by atoms with Crippen LogP contribution >= 0.6 is 0 Å². The summed E-state index contributed by atoms with van der Waals surface area (Å²) in [6.07, 6.45) is 3.55. The molecule has 0 unspecified atom stereocenters. The second-order valence-corrected chi connectivity index (χ2v) is 3.56. The van der Waals surface area contributed by atoms with Crippen LogP contribution in [0.2, 0.25) is 0 Å². The molecule has 1 heterocycles. The molecule has 0 spiro atoms. The molecule has 0 bridgehead atoms. The minimum Gasteiger partial charge on any atom is -0.381 e. The Kier molecular flexibility index (Phi) is 3.51. The lowest BCUT2D eigenvalue weighted by Crippen LogP contribution is -2.06. The fourth-order valence-electron chi connectivity index (χ4n) is 1.60. The molecule has 0 fully saturated rings. The highest BCUT2D eigenvalue weighted by Crippen LogP contribution is 2.11. The predicted molar refractivity (Wildman–Crippen MR) is 65.9 cm³/mol. The number of pyridine rings is 1. The van der Waals surface area contributed by atoms with Gasteiger partial charge in [-0.3, -0.25) is 4.98 Å². The van der Waals surface area contributed by atoms with Crippen molar-refractivity contribution < 1.29 is 0 Å². The number of anilines is 1. The quantitative estimate of drug-likeness (QED) is 0.818. The number of hydrogen-bond acceptors (Lipinski definition) is 3. The molecule has 3 nitrogen and oxygen atoms in total. The first-order chi connectivity index (χ1) is 7.90. The van der Waals surface area contributed by atoms with E-state index < -0.39 is 0 Å². The normalized spacial score (nSPS) is 10.1. The Labute approximate surface area is 95.3 Å². The van der Waals surface area contributed by atoms with Crippen molar-refractivity contribution in [3.8, 4) is 0 Å². The lowest BCUT2D eigenvalue weighted by molar-refractivity contribution is 1.01. The van der Waals surface area contributed by atoms with Crippen LogP contribution in [-0.2, 0) is 13.1 Å². The molecule has 0 aliphatic heterocycles. The maximum Gasteiger partial charge on any atom is 0.0404 e. The van der Waals surface area contributed by atoms with Crippen LogP contribution < -0.4 is 11.1 Å². The van der Waals surface area contributed by atoms with Crippen LogP contribution in [0.4, 0.5) is 5.69 Å². The summed E-state index contributed by atoms with van der Waals surface area (Å²) in [5, 5.41) is 3.34. The number of nitrogens with two attached hydrogens (primary N) is 1. The number of aromatic nitrogens is 1. The molecule has 1 aromatic carbocycles. The molecule has 0 amide bonds. The largest absolute Gasteiger partial charge is 0.381 e. The summed E-state index contributed by atoms with van der Waals surface area (Å²) in [5.74, 6) is 0. The standard InChI is InChI=1S/C13H15N3/c14-9-11-3-1-2-4-12(11)10-16-13-5-7-15-8-6-13/h1-8H,9-10,14H2,(H,15,16). The van der Waals surface area contributed by atoms with Gasteiger partial charge in [-0.15, -0.1) is 0 Å². The third kappa shape index (κ3) is 2.58. The lowest BCUT2D eigenvalue weighted by atomic mass is 10.1. The molecular formula is C13H15N3. The molecule has 0 saturated carbocycles. The van der Waals surface area contributed by atoms with Crippen molar-refractivity contribution in [3.63, 3.8) is 0 Å². The average Bonchev–Trinajstić information content (AvgIpc) is 2.38. The summed E-state index contributed by atoms with van der Waals surface area (Å²) < 4.78 is 0. The highest BCUT2D eigenvalue weighted by atomic mass is 14.9. The highest BCUT2D eigenvalue weighted by Gasteiger charge is 1.99. The van der Waals surface area contributed by atoms with Gasteiger partial charge in [-0.2, -0.15) is 0 Å². The van der Waals surface area contributed by atoms with Crippen molar-refractivity contribution >= 4 is 5.69 Å². The van der Waals surface area contributed by atoms with E-state index in [1.54, 1.807) is 12.4 Å². The number of hydrogen-bond donors (Lipinski definition) is 2. The van der Waals surface area contributed by atoms with Crippen LogP contribution in [0.15, 0.2) is 48.8 Å². The molecule has 1 aromatic heterocycles. The Hall–Kier alpha value is -1.87. The van der Waals surface area contributed by atoms with Crippen LogP contribution in [0.1, 0.15) is 11.1 Å². The van der Waals surface area contributed by atoms with E-state index in [0.29, 0.717) is 6.54 Å². The lowest BCUT2D eigenvalue weighted by Gasteiger charge is -2.09. The molecule has 2 rings (SSSR count). The van der Waals surface area contributed by atoms with Gasteiger partial charge in [0.1, 0.15) is 0 Å². The van der Waals surface area contributed by atoms with Crippen LogP contribution in [0.25, 0.3) is 0 Å². The van der Waals surface area contributed by atoms with Gasteiger partial charge in [0, 0.05) is 31.2 Å². The number of benzene rings is 1. The fourth-order valence-corrected chi connectivity index (χ4v) is 1.60. The summed E-state index contributed by atoms with van der Waals surface area (Å²) >= 11 is 0. The van der Waals surface area contributed by atoms with Crippen LogP contribution in [0, 0.1) is 0 Å². The van der Waals surface area contributed by atoms with E-state index in [1.165, 1.54) is 11.1 Å². The van der Waals surface area contributed by atoms with E-state index >= 15 is 0 Å². The van der Waals surface area contributed by atoms with Gasteiger partial charge in [0.2, 0.25) is 0 Å². The van der Waals surface area contributed by atoms with Gasteiger partial charge in [0.15, 0.2) is 0 Å². The molecule has 0 radical (unpaired) electrons. The van der Waals surface area contributed by atoms with Gasteiger partial charge in [0.05, 0.1) is 0 Å². The van der Waals surface area contributed by atoms with Gasteiger partial charge in [0.25, 0.3) is 0 Å². The Morgan fingerprint density at radius 3 is 2.38 bits per heavy atom. The minimum atomic E-state index is 0.578. The van der Waals surface area contributed by atoms with Gasteiger partial charge in [-0.05, 0) is 23.3 Å². The van der Waals surface area contributed by atoms with Crippen molar-refractivity contribution in [1.29, 1.82) is 0 Å². The predicted octanol–water partition coefficient (Wildman–Crippen LogP) is 2.15. The molecule has 3 heteroatoms. The van der Waals surface area contributed by atoms with Crippen LogP contribution in [0.3, 0.4) is 0 Å². The van der Waals surface area contributed by atoms with Gasteiger partial charge >= 0.3 is 0 Å². The van der Waals surface area contributed by atoms with E-state index in [0.717, 1.165) is 12.2 Å². The van der Waals surface area contributed by atoms with Crippen LogP contribution in [0.5, 0.6) is 0 Å². The monoisotopic (exact) mass is 213 g/mol. The molecular weight excluding hydrogens is 198 g/mol. The highest BCUT2D eigenvalue weighted by molar-refractivity contribution is 5.42. The molecule has 3 N–H and O–H groups in total. The SMILES string of the molecule is NCc1ccccc1CNc1ccncc1. The number of nitrogens with zero attached hydrogens (tertiary/aromatic N) is 1. The van der Waals surface area contributed by atoms with Crippen molar-refractivity contribution in [1.82, 2.24) is 4.98 Å². The maximum absolute atomic E-state index is 5.68. The molecule has 82 valence electrons. The first-order valence-electron chi connectivity index (χ1n) is 5.31. The van der Waals surface area contributed by atoms with Crippen molar-refractivity contribution in [2.45, 2.75) is 13.1 Å². The number of nitrogens with one attached hydrogen (secondary N) is 1. The zero-order valence-corrected chi connectivity index (χ0v) is 9.06. The Morgan fingerprint density at radius 2 is 1.69 bits per heavy atom. The Balaban J connectivity index is 2.05. The Morgan fingerprint density at radius 1 is 1.00 bits per heavy atom. The first kappa shape index (κ1) is 10.6. The van der Waals surface area contributed by atoms with E-state index in [4.69, 9.17) is 5.73 Å². The molecule has 0 aliphatic carbocycles. The molecule has 2 aromatic rings. The second-order valence-electron chi connectivity index (χ2n) is 3.56. The van der Waals surface area contributed by atoms with Crippen molar-refractivity contribution in [3.05, 3.63) is 59.9 Å². The van der Waals surface area contributed by atoms with Gasteiger partial charge < -0.3 is 11.1 Å². The minimum absolute atomic E-state index is 0.578. The molecule has 16 heavy (non-hydrogen) atoms. The average molecular weight is 213 g/mol. The summed E-state index contributed by atoms with van der Waals surface area (Å²) in [4.78, 5) is 3.97. The summed E-state index contributed by atoms with van der Waals surface area (Å²) in [6, 6.07) is 12.1. The van der Waals surface area contributed by atoms with Gasteiger partial charge in [-0.25, -0.2) is 0 Å². The second kappa shape index (κ2) is 5.28. The van der Waals surface area contributed by atoms with Crippen molar-refractivity contribution in [2.75, 3.05) is 5.32 Å². The third-order valence-corrected chi connectivity index (χ3v) is 2.50. The summed E-state index contributed by atoms with van der Waals surface area (Å²) in [6.45, 7) is 1.37.